The Kier molecular flexibility index (Phi) is 23.3. The van der Waals surface area contributed by atoms with Crippen LogP contribution in [0.1, 0.15) is 117 Å². The summed E-state index contributed by atoms with van der Waals surface area (Å²) in [7, 11) is 0. The largest absolute Gasteiger partial charge is 0.480 e. The summed E-state index contributed by atoms with van der Waals surface area (Å²) in [6, 6.07) is 6.12. The van der Waals surface area contributed by atoms with Crippen molar-refractivity contribution in [1.82, 2.24) is 35.6 Å². The van der Waals surface area contributed by atoms with Gasteiger partial charge in [-0.05, 0) is 93.5 Å². The van der Waals surface area contributed by atoms with Gasteiger partial charge in [0, 0.05) is 61.2 Å². The molecule has 20 nitrogen and oxygen atoms in total. The van der Waals surface area contributed by atoms with Crippen LogP contribution in [0.4, 0.5) is 8.78 Å². The highest BCUT2D eigenvalue weighted by Gasteiger charge is 2.38. The third kappa shape index (κ3) is 18.2. The zero-order valence-corrected chi connectivity index (χ0v) is 44.9. The maximum absolute atomic E-state index is 15.2. The SMILES string of the molecule is CC(C)[C@H](NC(=O)CCCCCN1C(=O)C=CC1=O)C(=O)N[C@@H](C)C(=O)N[C@@H](CCCC(N)C(=O)[C@@H](C)NC(=O)[C@@H](N)CCN(C(=O)CO)[C@@H](c1cc(-c2cc(F)ccc2F)cn1Cc1ccccc1)C(C)(C)C)C(=O)O. The van der Waals surface area contributed by atoms with Crippen molar-refractivity contribution in [2.75, 3.05) is 19.7 Å². The van der Waals surface area contributed by atoms with Gasteiger partial charge in [-0.25, -0.2) is 13.6 Å². The number of aromatic nitrogens is 1. The molecule has 1 aromatic heterocycles. The lowest BCUT2D eigenvalue weighted by Gasteiger charge is -2.41. The van der Waals surface area contributed by atoms with E-state index in [2.05, 4.69) is 21.3 Å². The fourth-order valence-corrected chi connectivity index (χ4v) is 8.99. The Balaban J connectivity index is 1.30. The monoisotopic (exact) mass is 1080 g/mol. The van der Waals surface area contributed by atoms with E-state index in [1.165, 1.54) is 30.9 Å². The van der Waals surface area contributed by atoms with Gasteiger partial charge in [-0.15, -0.1) is 0 Å². The van der Waals surface area contributed by atoms with Crippen molar-refractivity contribution in [3.63, 3.8) is 0 Å². The van der Waals surface area contributed by atoms with Crippen molar-refractivity contribution in [2.45, 2.75) is 149 Å². The zero-order valence-electron chi connectivity index (χ0n) is 44.9. The van der Waals surface area contributed by atoms with Crippen molar-refractivity contribution in [2.24, 2.45) is 22.8 Å². The van der Waals surface area contributed by atoms with E-state index in [0.717, 1.165) is 28.7 Å². The van der Waals surface area contributed by atoms with Crippen LogP contribution in [0.3, 0.4) is 0 Å². The number of benzene rings is 2. The normalized spacial score (nSPS) is 15.3. The summed E-state index contributed by atoms with van der Waals surface area (Å²) in [5, 5.41) is 30.3. The fourth-order valence-electron chi connectivity index (χ4n) is 8.99. The minimum absolute atomic E-state index is 0.00671. The second-order valence-electron chi connectivity index (χ2n) is 20.9. The molecular weight excluding hydrogens is 1000 g/mol. The zero-order chi connectivity index (χ0) is 57.3. The van der Waals surface area contributed by atoms with Crippen molar-refractivity contribution < 1.29 is 62.1 Å². The van der Waals surface area contributed by atoms with Crippen molar-refractivity contribution in [1.29, 1.82) is 0 Å². The number of aliphatic carboxylic acids is 1. The number of aliphatic hydroxyl groups is 1. The minimum atomic E-state index is -1.43. The second-order valence-corrected chi connectivity index (χ2v) is 20.9. The summed E-state index contributed by atoms with van der Waals surface area (Å²) < 4.78 is 31.4. The standard InChI is InChI=1S/C55H75F2N9O11/c1-32(2)48(63-44(68)19-12-9-13-25-65-45(69)22-23-46(65)70)53(75)61-34(4)51(73)62-42(54(76)77)18-14-17-40(58)49(72)33(3)60-52(74)41(59)24-26-66(47(71)31-67)50(55(5,6)7)43-27-36(38-28-37(56)20-21-39(38)57)30-64(43)29-35-15-10-8-11-16-35/h8,10-11,15-16,20-23,27-28,30,32-34,40-42,48,50,67H,9,12-14,17-19,24-26,29,31,58-59H2,1-7H3,(H,60,74)(H,61,75)(H,62,73)(H,63,68)(H,76,77)/t33-,34+,40?,41+,42+,48+,50+/m1/s1. The van der Waals surface area contributed by atoms with Gasteiger partial charge in [0.2, 0.25) is 29.5 Å². The molecule has 1 aliphatic rings. The average Bonchev–Trinajstić information content (AvgIpc) is 3.95. The summed E-state index contributed by atoms with van der Waals surface area (Å²) in [5.41, 5.74) is 13.6. The van der Waals surface area contributed by atoms with E-state index in [-0.39, 0.29) is 68.5 Å². The van der Waals surface area contributed by atoms with Crippen LogP contribution < -0.4 is 32.7 Å². The number of nitrogens with two attached hydrogens (primary N) is 2. The van der Waals surface area contributed by atoms with Crippen LogP contribution in [0.25, 0.3) is 11.1 Å². The smallest absolute Gasteiger partial charge is 0.326 e. The molecule has 1 aliphatic heterocycles. The van der Waals surface area contributed by atoms with Crippen molar-refractivity contribution >= 4 is 53.1 Å². The van der Waals surface area contributed by atoms with Crippen molar-refractivity contribution in [3.05, 3.63) is 95.8 Å². The Bertz CT molecular complexity index is 2600. The molecular formula is C55H75F2N9O11. The van der Waals surface area contributed by atoms with Crippen molar-refractivity contribution in [3.8, 4) is 11.1 Å². The number of nitrogens with zero attached hydrogens (tertiary/aromatic N) is 3. The number of carboxylic acid groups (broad SMARTS) is 1. The Labute approximate surface area is 447 Å². The first-order valence-electron chi connectivity index (χ1n) is 25.8. The van der Waals surface area contributed by atoms with Gasteiger partial charge in [-0.1, -0.05) is 71.4 Å². The van der Waals surface area contributed by atoms with Crippen LogP contribution in [0.5, 0.6) is 0 Å². The summed E-state index contributed by atoms with van der Waals surface area (Å²) in [4.78, 5) is 118. The maximum Gasteiger partial charge on any atom is 0.326 e. The molecule has 2 heterocycles. The molecule has 3 aromatic rings. The number of hydrogen-bond donors (Lipinski definition) is 8. The van der Waals surface area contributed by atoms with Crippen LogP contribution in [-0.2, 0) is 49.7 Å². The number of rotatable bonds is 30. The summed E-state index contributed by atoms with van der Waals surface area (Å²) in [5.74, 6) is -7.76. The number of nitrogens with one attached hydrogen (secondary N) is 4. The Morgan fingerprint density at radius 1 is 0.740 bits per heavy atom. The number of aliphatic hydroxyl groups excluding tert-OH is 1. The van der Waals surface area contributed by atoms with Gasteiger partial charge < -0.3 is 52.4 Å². The minimum Gasteiger partial charge on any atom is -0.480 e. The molecule has 0 fully saturated rings. The van der Waals surface area contributed by atoms with Gasteiger partial charge in [0.25, 0.3) is 11.8 Å². The molecule has 7 amide bonds. The molecule has 420 valence electrons. The number of amides is 7. The van der Waals surface area contributed by atoms with E-state index in [0.29, 0.717) is 37.1 Å². The fraction of sp³-hybridized carbons (Fsp3) is 0.509. The van der Waals surface area contributed by atoms with Crippen LogP contribution in [0.15, 0.2) is 72.9 Å². The van der Waals surface area contributed by atoms with Gasteiger partial charge in [0.15, 0.2) is 5.78 Å². The van der Waals surface area contributed by atoms with Gasteiger partial charge >= 0.3 is 5.97 Å². The number of ketones is 1. The number of halogens is 2. The Morgan fingerprint density at radius 3 is 2.00 bits per heavy atom. The highest BCUT2D eigenvalue weighted by atomic mass is 19.1. The molecule has 0 saturated carbocycles. The van der Waals surface area contributed by atoms with Crippen LogP contribution in [0.2, 0.25) is 0 Å². The van der Waals surface area contributed by atoms with E-state index in [1.807, 2.05) is 55.7 Å². The number of carbonyl (C=O) groups excluding carboxylic acids is 8. The number of carboxylic acids is 1. The summed E-state index contributed by atoms with van der Waals surface area (Å²) in [6.07, 6.45) is 5.35. The summed E-state index contributed by atoms with van der Waals surface area (Å²) in [6.45, 7) is 11.3. The lowest BCUT2D eigenvalue weighted by atomic mass is 9.82. The van der Waals surface area contributed by atoms with E-state index in [1.54, 1.807) is 26.1 Å². The molecule has 0 radical (unpaired) electrons. The van der Waals surface area contributed by atoms with Crippen LogP contribution in [0, 0.1) is 23.0 Å². The molecule has 0 saturated heterocycles. The number of carbonyl (C=O) groups is 9. The molecule has 0 bridgehead atoms. The predicted octanol–water partition coefficient (Wildman–Crippen LogP) is 3.38. The number of unbranched alkanes of at least 4 members (excludes halogenated alkanes) is 2. The third-order valence-corrected chi connectivity index (χ3v) is 13.2. The number of hydrogen-bond acceptors (Lipinski definition) is 12. The van der Waals surface area contributed by atoms with Gasteiger partial charge in [-0.2, -0.15) is 0 Å². The predicted molar refractivity (Wildman–Crippen MR) is 282 cm³/mol. The molecule has 1 unspecified atom stereocenters. The Morgan fingerprint density at radius 2 is 1.39 bits per heavy atom. The first-order valence-corrected chi connectivity index (χ1v) is 25.8. The lowest BCUT2D eigenvalue weighted by Crippen LogP contribution is -2.56. The summed E-state index contributed by atoms with van der Waals surface area (Å²) >= 11 is 0. The third-order valence-electron chi connectivity index (χ3n) is 13.2. The molecule has 22 heteroatoms. The molecule has 0 spiro atoms. The molecule has 7 atom stereocenters. The second kappa shape index (κ2) is 28.8. The van der Waals surface area contributed by atoms with E-state index in [9.17, 15) is 57.8 Å². The van der Waals surface area contributed by atoms with E-state index in [4.69, 9.17) is 11.5 Å². The molecule has 4 rings (SSSR count). The molecule has 0 aliphatic carbocycles. The van der Waals surface area contributed by atoms with E-state index < -0.39 is 107 Å². The quantitative estimate of drug-likeness (QED) is 0.0351. The lowest BCUT2D eigenvalue weighted by molar-refractivity contribution is -0.142. The van der Waals surface area contributed by atoms with Gasteiger partial charge in [0.1, 0.15) is 36.4 Å². The number of Topliss-reactive ketones (excluding diaryl/α,β-unsaturated/α-hetero) is 1. The molecule has 77 heavy (non-hydrogen) atoms. The van der Waals surface area contributed by atoms with Crippen LogP contribution in [-0.4, -0.2) is 134 Å². The number of imide groups is 1. The first kappa shape index (κ1) is 62.4. The maximum atomic E-state index is 15.2. The molecule has 2 aromatic carbocycles. The Hall–Kier alpha value is -7.17. The molecule has 10 N–H and O–H groups in total. The van der Waals surface area contributed by atoms with Gasteiger partial charge in [-0.3, -0.25) is 43.3 Å². The topological polar surface area (TPSA) is 306 Å². The highest BCUT2D eigenvalue weighted by Crippen LogP contribution is 2.41. The van der Waals surface area contributed by atoms with Crippen LogP contribution >= 0.6 is 0 Å². The first-order chi connectivity index (χ1) is 36.2. The van der Waals surface area contributed by atoms with E-state index >= 15 is 4.39 Å². The average molecular weight is 1080 g/mol. The highest BCUT2D eigenvalue weighted by molar-refractivity contribution is 6.12. The van der Waals surface area contributed by atoms with Gasteiger partial charge in [0.05, 0.1) is 24.2 Å².